The molecule has 120 valence electrons. The number of urea groups is 1. The Hall–Kier alpha value is -2.97. The van der Waals surface area contributed by atoms with Gasteiger partial charge in [0.05, 0.1) is 17.6 Å². The zero-order valence-electron chi connectivity index (χ0n) is 12.7. The maximum atomic E-state index is 12.0. The minimum atomic E-state index is -0.658. The average molecular weight is 316 g/mol. The normalized spacial score (nSPS) is 17.2. The Morgan fingerprint density at radius 3 is 2.91 bits per heavy atom. The Morgan fingerprint density at radius 1 is 1.43 bits per heavy atom. The van der Waals surface area contributed by atoms with Gasteiger partial charge in [0.15, 0.2) is 5.65 Å². The lowest BCUT2D eigenvalue weighted by atomic mass is 10.1. The quantitative estimate of drug-likeness (QED) is 0.697. The van der Waals surface area contributed by atoms with Crippen molar-refractivity contribution in [3.05, 3.63) is 18.0 Å². The fourth-order valence-electron chi connectivity index (χ4n) is 2.54. The molecule has 0 bridgehead atoms. The number of nitrogens with one attached hydrogen (secondary N) is 3. The maximum absolute atomic E-state index is 12.0. The molecule has 4 amide bonds. The number of aryl methyl sites for hydroxylation is 2. The Labute approximate surface area is 131 Å². The van der Waals surface area contributed by atoms with Crippen LogP contribution in [0.25, 0.3) is 11.0 Å². The van der Waals surface area contributed by atoms with Gasteiger partial charge in [-0.2, -0.15) is 5.10 Å². The van der Waals surface area contributed by atoms with Crippen molar-refractivity contribution in [2.75, 3.05) is 5.32 Å². The van der Waals surface area contributed by atoms with Crippen LogP contribution in [0.5, 0.6) is 0 Å². The van der Waals surface area contributed by atoms with Gasteiger partial charge in [-0.1, -0.05) is 0 Å². The summed E-state index contributed by atoms with van der Waals surface area (Å²) in [5.74, 6) is -0.654. The second kappa shape index (κ2) is 5.67. The SMILES string of the molecule is Cc1nn(C)c2ncc(NC(=O)CC[C@H]3NC(=O)NC3=O)cc12. The molecule has 1 saturated heterocycles. The molecule has 1 aliphatic rings. The third-order valence-electron chi connectivity index (χ3n) is 3.67. The monoisotopic (exact) mass is 316 g/mol. The predicted molar refractivity (Wildman–Crippen MR) is 81.6 cm³/mol. The summed E-state index contributed by atoms with van der Waals surface area (Å²) in [4.78, 5) is 38.7. The highest BCUT2D eigenvalue weighted by Gasteiger charge is 2.29. The van der Waals surface area contributed by atoms with Crippen LogP contribution in [0.3, 0.4) is 0 Å². The lowest BCUT2D eigenvalue weighted by Crippen LogP contribution is -2.30. The van der Waals surface area contributed by atoms with Crippen LogP contribution < -0.4 is 16.0 Å². The minimum absolute atomic E-state index is 0.114. The van der Waals surface area contributed by atoms with Crippen LogP contribution in [0.1, 0.15) is 18.5 Å². The van der Waals surface area contributed by atoms with Gasteiger partial charge in [0, 0.05) is 18.9 Å². The molecule has 2 aromatic rings. The highest BCUT2D eigenvalue weighted by molar-refractivity contribution is 6.04. The van der Waals surface area contributed by atoms with E-state index in [1.165, 1.54) is 0 Å². The van der Waals surface area contributed by atoms with E-state index in [0.29, 0.717) is 5.69 Å². The van der Waals surface area contributed by atoms with E-state index in [0.717, 1.165) is 16.7 Å². The summed E-state index contributed by atoms with van der Waals surface area (Å²) in [6.07, 6.45) is 1.92. The van der Waals surface area contributed by atoms with Crippen molar-refractivity contribution in [2.45, 2.75) is 25.8 Å². The van der Waals surface area contributed by atoms with Crippen molar-refractivity contribution >= 4 is 34.6 Å². The second-order valence-corrected chi connectivity index (χ2v) is 5.41. The number of nitrogens with zero attached hydrogens (tertiary/aromatic N) is 3. The molecule has 3 heterocycles. The van der Waals surface area contributed by atoms with Gasteiger partial charge in [0.25, 0.3) is 5.91 Å². The molecule has 0 radical (unpaired) electrons. The summed E-state index contributed by atoms with van der Waals surface area (Å²) in [7, 11) is 1.81. The van der Waals surface area contributed by atoms with Crippen LogP contribution in [0, 0.1) is 6.92 Å². The number of aromatic nitrogens is 3. The van der Waals surface area contributed by atoms with Crippen LogP contribution in [0.15, 0.2) is 12.3 Å². The Bertz CT molecular complexity index is 812. The third-order valence-corrected chi connectivity index (χ3v) is 3.67. The highest BCUT2D eigenvalue weighted by Crippen LogP contribution is 2.19. The van der Waals surface area contributed by atoms with E-state index in [4.69, 9.17) is 0 Å². The summed E-state index contributed by atoms with van der Waals surface area (Å²) in [5.41, 5.74) is 2.14. The number of hydrogen-bond donors (Lipinski definition) is 3. The molecule has 1 atom stereocenters. The van der Waals surface area contributed by atoms with E-state index >= 15 is 0 Å². The first kappa shape index (κ1) is 14.9. The summed E-state index contributed by atoms with van der Waals surface area (Å²) < 4.78 is 1.68. The Balaban J connectivity index is 1.63. The third kappa shape index (κ3) is 2.98. The molecule has 3 rings (SSSR count). The van der Waals surface area contributed by atoms with E-state index in [-0.39, 0.29) is 18.7 Å². The second-order valence-electron chi connectivity index (χ2n) is 5.41. The van der Waals surface area contributed by atoms with Gasteiger partial charge in [-0.25, -0.2) is 9.78 Å². The van der Waals surface area contributed by atoms with Crippen LogP contribution in [-0.2, 0) is 16.6 Å². The number of amides is 4. The first-order chi connectivity index (χ1) is 10.9. The van der Waals surface area contributed by atoms with Crippen molar-refractivity contribution in [1.82, 2.24) is 25.4 Å². The molecule has 2 aromatic heterocycles. The molecule has 0 saturated carbocycles. The smallest absolute Gasteiger partial charge is 0.322 e. The maximum Gasteiger partial charge on any atom is 0.322 e. The van der Waals surface area contributed by atoms with E-state index in [9.17, 15) is 14.4 Å². The first-order valence-corrected chi connectivity index (χ1v) is 7.14. The minimum Gasteiger partial charge on any atom is -0.326 e. The van der Waals surface area contributed by atoms with Crippen LogP contribution in [0.4, 0.5) is 10.5 Å². The number of rotatable bonds is 4. The Kier molecular flexibility index (Phi) is 3.68. The van der Waals surface area contributed by atoms with Gasteiger partial charge in [0.1, 0.15) is 6.04 Å². The predicted octanol–water partition coefficient (Wildman–Crippen LogP) is 0.203. The molecule has 0 aliphatic carbocycles. The van der Waals surface area contributed by atoms with Crippen LogP contribution in [0.2, 0.25) is 0 Å². The number of hydrogen-bond acceptors (Lipinski definition) is 5. The van der Waals surface area contributed by atoms with Gasteiger partial charge < -0.3 is 10.6 Å². The average Bonchev–Trinajstić information content (AvgIpc) is 2.96. The molecule has 1 fully saturated rings. The van der Waals surface area contributed by atoms with E-state index in [2.05, 4.69) is 26.0 Å². The fraction of sp³-hybridized carbons (Fsp3) is 0.357. The largest absolute Gasteiger partial charge is 0.326 e. The molecule has 0 spiro atoms. The van der Waals surface area contributed by atoms with Crippen molar-refractivity contribution in [1.29, 1.82) is 0 Å². The van der Waals surface area contributed by atoms with Gasteiger partial charge in [0.2, 0.25) is 5.91 Å². The molecule has 9 heteroatoms. The van der Waals surface area contributed by atoms with Crippen molar-refractivity contribution < 1.29 is 14.4 Å². The van der Waals surface area contributed by atoms with Crippen LogP contribution >= 0.6 is 0 Å². The number of imide groups is 1. The Morgan fingerprint density at radius 2 is 2.22 bits per heavy atom. The standard InChI is InChI=1S/C14H16N6O3/c1-7-9-5-8(6-15-12(9)20(2)19-7)16-11(21)4-3-10-13(22)18-14(23)17-10/h5-6,10H,3-4H2,1-2H3,(H,16,21)(H2,17,18,22,23)/t10-/m1/s1. The van der Waals surface area contributed by atoms with E-state index in [1.807, 2.05) is 20.0 Å². The summed E-state index contributed by atoms with van der Waals surface area (Å²) >= 11 is 0. The summed E-state index contributed by atoms with van der Waals surface area (Å²) in [5, 5.41) is 12.5. The van der Waals surface area contributed by atoms with E-state index < -0.39 is 18.0 Å². The molecule has 0 unspecified atom stereocenters. The zero-order valence-corrected chi connectivity index (χ0v) is 12.7. The number of carbonyl (C=O) groups excluding carboxylic acids is 3. The summed E-state index contributed by atoms with van der Waals surface area (Å²) in [6, 6.07) is 0.628. The number of pyridine rings is 1. The fourth-order valence-corrected chi connectivity index (χ4v) is 2.54. The number of anilines is 1. The first-order valence-electron chi connectivity index (χ1n) is 7.14. The highest BCUT2D eigenvalue weighted by atomic mass is 16.2. The van der Waals surface area contributed by atoms with Crippen molar-refractivity contribution in [3.8, 4) is 0 Å². The molecular weight excluding hydrogens is 300 g/mol. The summed E-state index contributed by atoms with van der Waals surface area (Å²) in [6.45, 7) is 1.87. The van der Waals surface area contributed by atoms with Gasteiger partial charge in [-0.15, -0.1) is 0 Å². The zero-order chi connectivity index (χ0) is 16.6. The topological polar surface area (TPSA) is 118 Å². The number of carbonyl (C=O) groups is 3. The lowest BCUT2D eigenvalue weighted by Gasteiger charge is -2.08. The van der Waals surface area contributed by atoms with Gasteiger partial charge >= 0.3 is 6.03 Å². The molecule has 0 aromatic carbocycles. The lowest BCUT2D eigenvalue weighted by molar-refractivity contribution is -0.120. The molecule has 3 N–H and O–H groups in total. The molecule has 23 heavy (non-hydrogen) atoms. The molecule has 9 nitrogen and oxygen atoms in total. The van der Waals surface area contributed by atoms with Gasteiger partial charge in [-0.3, -0.25) is 19.6 Å². The number of fused-ring (bicyclic) bond motifs is 1. The van der Waals surface area contributed by atoms with Crippen molar-refractivity contribution in [3.63, 3.8) is 0 Å². The van der Waals surface area contributed by atoms with Crippen LogP contribution in [-0.4, -0.2) is 38.7 Å². The molecular formula is C14H16N6O3. The van der Waals surface area contributed by atoms with E-state index in [1.54, 1.807) is 10.9 Å². The van der Waals surface area contributed by atoms with Crippen molar-refractivity contribution in [2.24, 2.45) is 7.05 Å². The molecule has 1 aliphatic heterocycles. The van der Waals surface area contributed by atoms with Gasteiger partial charge in [-0.05, 0) is 19.4 Å².